The van der Waals surface area contributed by atoms with Crippen LogP contribution in [0.2, 0.25) is 10.0 Å². The molecule has 2 aromatic carbocycles. The normalized spacial score (nSPS) is 12.1. The van der Waals surface area contributed by atoms with E-state index in [0.717, 1.165) is 12.1 Å². The smallest absolute Gasteiger partial charge is 0.287 e. The van der Waals surface area contributed by atoms with Crippen molar-refractivity contribution in [2.24, 2.45) is 4.40 Å². The van der Waals surface area contributed by atoms with E-state index in [1.165, 1.54) is 36.3 Å². The highest BCUT2D eigenvalue weighted by Gasteiger charge is 2.22. The Labute approximate surface area is 215 Å². The number of benzene rings is 2. The number of sulfonamides is 1. The zero-order chi connectivity index (χ0) is 25.9. The first-order chi connectivity index (χ1) is 17.2. The molecule has 13 heteroatoms. The number of aromatic nitrogens is 3. The number of pyridine rings is 1. The van der Waals surface area contributed by atoms with Gasteiger partial charge in [-0.05, 0) is 54.1 Å². The number of halogens is 3. The van der Waals surface area contributed by atoms with Gasteiger partial charge in [0.05, 0.1) is 5.02 Å². The van der Waals surface area contributed by atoms with Crippen LogP contribution in [0.3, 0.4) is 0 Å². The highest BCUT2D eigenvalue weighted by molar-refractivity contribution is 7.90. The number of nitrogens with two attached hydrogens (primary N) is 1. The van der Waals surface area contributed by atoms with Gasteiger partial charge in [-0.15, -0.1) is 4.40 Å². The second-order valence-corrected chi connectivity index (χ2v) is 9.71. The number of nitrogens with zero attached hydrogens (tertiary/aromatic N) is 4. The predicted octanol–water partition coefficient (Wildman–Crippen LogP) is 4.66. The Morgan fingerprint density at radius 3 is 2.64 bits per heavy atom. The molecule has 0 aliphatic heterocycles. The minimum Gasteiger partial charge on any atom is -0.455 e. The van der Waals surface area contributed by atoms with Gasteiger partial charge in [-0.1, -0.05) is 23.2 Å². The summed E-state index contributed by atoms with van der Waals surface area (Å²) >= 11 is 12.5. The average Bonchev–Trinajstić information content (AvgIpc) is 2.83. The monoisotopic (exact) mass is 549 g/mol. The first-order valence-electron chi connectivity index (χ1n) is 10.2. The van der Waals surface area contributed by atoms with Crippen LogP contribution in [-0.4, -0.2) is 30.3 Å². The molecule has 0 fully saturated rings. The van der Waals surface area contributed by atoms with Crippen LogP contribution in [0.1, 0.15) is 0 Å². The van der Waals surface area contributed by atoms with E-state index in [0.29, 0.717) is 16.1 Å². The number of methoxy groups -OCH3 is 1. The first-order valence-corrected chi connectivity index (χ1v) is 12.4. The average molecular weight is 550 g/mol. The van der Waals surface area contributed by atoms with Gasteiger partial charge < -0.3 is 15.2 Å². The van der Waals surface area contributed by atoms with Crippen molar-refractivity contribution in [3.8, 4) is 22.6 Å². The second-order valence-electron chi connectivity index (χ2n) is 7.29. The molecular weight excluding hydrogens is 532 g/mol. The predicted molar refractivity (Wildman–Crippen MR) is 133 cm³/mol. The van der Waals surface area contributed by atoms with Gasteiger partial charge in [0.2, 0.25) is 0 Å². The number of nitrogen functional groups attached to an aromatic ring is 1. The largest absolute Gasteiger partial charge is 0.455 e. The number of hydrogen-bond donors (Lipinski definition) is 1. The van der Waals surface area contributed by atoms with Crippen molar-refractivity contribution in [1.82, 2.24) is 14.8 Å². The van der Waals surface area contributed by atoms with Crippen LogP contribution in [0.15, 0.2) is 76.3 Å². The third-order valence-electron chi connectivity index (χ3n) is 4.78. The van der Waals surface area contributed by atoms with Gasteiger partial charge in [0.25, 0.3) is 10.0 Å². The second kappa shape index (κ2) is 10.6. The van der Waals surface area contributed by atoms with Crippen molar-refractivity contribution in [3.63, 3.8) is 0 Å². The molecule has 0 saturated carbocycles. The molecule has 2 heterocycles. The van der Waals surface area contributed by atoms with E-state index < -0.39 is 20.7 Å². The van der Waals surface area contributed by atoms with Gasteiger partial charge in [-0.2, -0.15) is 13.5 Å². The van der Waals surface area contributed by atoms with E-state index in [9.17, 15) is 8.42 Å². The van der Waals surface area contributed by atoms with Crippen LogP contribution >= 0.6 is 23.2 Å². The zero-order valence-electron chi connectivity index (χ0n) is 18.6. The van der Waals surface area contributed by atoms with Crippen LogP contribution in [0.25, 0.3) is 11.1 Å². The van der Waals surface area contributed by atoms with Crippen LogP contribution < -0.4 is 16.0 Å². The van der Waals surface area contributed by atoms with Gasteiger partial charge in [-0.25, -0.2) is 14.1 Å². The summed E-state index contributed by atoms with van der Waals surface area (Å²) < 4.78 is 56.5. The topological polar surface area (TPSA) is 122 Å². The Morgan fingerprint density at radius 2 is 1.89 bits per heavy atom. The molecule has 2 N–H and O–H groups in total. The molecule has 36 heavy (non-hydrogen) atoms. The fourth-order valence-corrected chi connectivity index (χ4v) is 4.71. The summed E-state index contributed by atoms with van der Waals surface area (Å²) in [7, 11) is -3.09. The van der Waals surface area contributed by atoms with Crippen LogP contribution in [0.4, 0.5) is 10.2 Å². The Balaban J connectivity index is 1.74. The lowest BCUT2D eigenvalue weighted by Crippen LogP contribution is -2.25. The summed E-state index contributed by atoms with van der Waals surface area (Å²) in [6.45, 7) is -0.0578. The van der Waals surface area contributed by atoms with Gasteiger partial charge in [0.1, 0.15) is 34.8 Å². The lowest BCUT2D eigenvalue weighted by molar-refractivity contribution is 0.115. The van der Waals surface area contributed by atoms with Crippen molar-refractivity contribution >= 4 is 39.0 Å². The van der Waals surface area contributed by atoms with Gasteiger partial charge in [0.15, 0.2) is 5.49 Å². The Morgan fingerprint density at radius 1 is 1.08 bits per heavy atom. The third kappa shape index (κ3) is 5.65. The molecule has 0 radical (unpaired) electrons. The summed E-state index contributed by atoms with van der Waals surface area (Å²) in [5.41, 5.74) is 6.92. The minimum absolute atomic E-state index is 0.0578. The van der Waals surface area contributed by atoms with Crippen molar-refractivity contribution in [2.45, 2.75) is 11.6 Å². The quantitative estimate of drug-likeness (QED) is 0.355. The number of anilines is 1. The SMILES string of the molecule is COCn1nccc/c1=N\S(=O)(=O)c1cc(Cl)c(Oc2ccc(Cl)cc2-c2ccnc(N)c2)cc1F. The van der Waals surface area contributed by atoms with Crippen molar-refractivity contribution < 1.29 is 22.3 Å². The van der Waals surface area contributed by atoms with Crippen LogP contribution in [0.5, 0.6) is 11.5 Å². The summed E-state index contributed by atoms with van der Waals surface area (Å²) in [6, 6.07) is 12.8. The number of rotatable bonds is 7. The standard InChI is InChI=1S/C23H18Cl2FN5O4S/c1-34-13-31-23(3-2-7-29-31)30-36(32,33)21-11-17(25)20(12-18(21)26)35-19-5-4-15(24)10-16(19)14-6-8-28-22(27)9-14/h2-12H,13H2,1H3,(H2,27,28)/b30-23+. The molecule has 0 spiro atoms. The summed E-state index contributed by atoms with van der Waals surface area (Å²) in [6.07, 6.45) is 2.95. The van der Waals surface area contributed by atoms with Crippen molar-refractivity contribution in [2.75, 3.05) is 12.8 Å². The van der Waals surface area contributed by atoms with Gasteiger partial charge in [-0.3, -0.25) is 0 Å². The molecule has 4 rings (SSSR count). The highest BCUT2D eigenvalue weighted by Crippen LogP contribution is 2.39. The van der Waals surface area contributed by atoms with Crippen LogP contribution in [0, 0.1) is 5.82 Å². The summed E-state index contributed by atoms with van der Waals surface area (Å²) in [5, 5.41) is 4.23. The van der Waals surface area contributed by atoms with Crippen molar-refractivity contribution in [3.05, 3.63) is 88.3 Å². The van der Waals surface area contributed by atoms with E-state index in [1.807, 2.05) is 0 Å². The molecule has 0 amide bonds. The molecule has 9 nitrogen and oxygen atoms in total. The first kappa shape index (κ1) is 25.6. The molecule has 0 aliphatic rings. The van der Waals surface area contributed by atoms with E-state index in [4.69, 9.17) is 38.4 Å². The maximum absolute atomic E-state index is 15.0. The van der Waals surface area contributed by atoms with Crippen LogP contribution in [-0.2, 0) is 21.5 Å². The van der Waals surface area contributed by atoms with E-state index in [1.54, 1.807) is 30.3 Å². The molecular formula is C23H18Cl2FN5O4S. The molecule has 186 valence electrons. The van der Waals surface area contributed by atoms with Gasteiger partial charge >= 0.3 is 0 Å². The molecule has 0 saturated heterocycles. The maximum atomic E-state index is 15.0. The minimum atomic E-state index is -4.50. The van der Waals surface area contributed by atoms with Gasteiger partial charge in [0, 0.05) is 36.2 Å². The summed E-state index contributed by atoms with van der Waals surface area (Å²) in [4.78, 5) is 3.23. The number of hydrogen-bond acceptors (Lipinski definition) is 7. The lowest BCUT2D eigenvalue weighted by Gasteiger charge is -2.14. The molecule has 0 atom stereocenters. The lowest BCUT2D eigenvalue weighted by atomic mass is 10.1. The molecule has 2 aromatic heterocycles. The number of ether oxygens (including phenoxy) is 2. The van der Waals surface area contributed by atoms with Crippen molar-refractivity contribution in [1.29, 1.82) is 0 Å². The Kier molecular flexibility index (Phi) is 7.55. The fraction of sp³-hybridized carbons (Fsp3) is 0.0870. The molecule has 4 aromatic rings. The molecule has 0 bridgehead atoms. The molecule has 0 aliphatic carbocycles. The zero-order valence-corrected chi connectivity index (χ0v) is 20.9. The molecule has 0 unspecified atom stereocenters. The third-order valence-corrected chi connectivity index (χ3v) is 6.61. The summed E-state index contributed by atoms with van der Waals surface area (Å²) in [5.74, 6) is -0.664. The highest BCUT2D eigenvalue weighted by atomic mass is 35.5. The van der Waals surface area contributed by atoms with E-state index in [-0.39, 0.29) is 34.6 Å². The Hall–Kier alpha value is -3.51. The fourth-order valence-electron chi connectivity index (χ4n) is 3.20. The maximum Gasteiger partial charge on any atom is 0.287 e. The van der Waals surface area contributed by atoms with E-state index >= 15 is 4.39 Å². The van der Waals surface area contributed by atoms with E-state index in [2.05, 4.69) is 14.5 Å². The Bertz CT molecular complexity index is 1610.